The van der Waals surface area contributed by atoms with E-state index in [1.165, 1.54) is 0 Å². The fraction of sp³-hybridized carbons (Fsp3) is 0.500. The maximum absolute atomic E-state index is 12.9. The highest BCUT2D eigenvalue weighted by atomic mass is 16.5. The first-order valence-electron chi connectivity index (χ1n) is 13.3. The zero-order chi connectivity index (χ0) is 26.2. The minimum absolute atomic E-state index is 0.0683. The molecule has 2 aliphatic rings. The molecule has 7 heteroatoms. The van der Waals surface area contributed by atoms with Crippen LogP contribution in [0.3, 0.4) is 0 Å². The molecular weight excluding hydrogens is 466 g/mol. The van der Waals surface area contributed by atoms with Crippen molar-refractivity contribution in [1.29, 1.82) is 5.26 Å². The summed E-state index contributed by atoms with van der Waals surface area (Å²) >= 11 is 0. The van der Waals surface area contributed by atoms with Crippen molar-refractivity contribution in [3.05, 3.63) is 53.6 Å². The molecule has 0 saturated carbocycles. The van der Waals surface area contributed by atoms with Crippen LogP contribution in [0.15, 0.2) is 42.5 Å². The maximum atomic E-state index is 12.9. The summed E-state index contributed by atoms with van der Waals surface area (Å²) in [5, 5.41) is 16.0. The summed E-state index contributed by atoms with van der Waals surface area (Å²) in [5.74, 6) is 0.468. The summed E-state index contributed by atoms with van der Waals surface area (Å²) in [7, 11) is 1.69. The highest BCUT2D eigenvalue weighted by Gasteiger charge is 2.26. The van der Waals surface area contributed by atoms with E-state index in [9.17, 15) is 14.9 Å². The molecule has 4 unspecified atom stereocenters. The van der Waals surface area contributed by atoms with Gasteiger partial charge in [-0.1, -0.05) is 37.3 Å². The summed E-state index contributed by atoms with van der Waals surface area (Å²) in [6.45, 7) is 3.54. The van der Waals surface area contributed by atoms with Gasteiger partial charge in [0, 0.05) is 26.5 Å². The molecule has 196 valence electrons. The molecule has 2 aromatic carbocycles. The predicted octanol–water partition coefficient (Wildman–Crippen LogP) is 4.19. The second-order valence-corrected chi connectivity index (χ2v) is 10.4. The minimum atomic E-state index is -0.599. The molecule has 1 saturated heterocycles. The highest BCUT2D eigenvalue weighted by Crippen LogP contribution is 2.31. The number of benzene rings is 2. The van der Waals surface area contributed by atoms with Crippen molar-refractivity contribution in [1.82, 2.24) is 10.6 Å². The van der Waals surface area contributed by atoms with Crippen LogP contribution in [0.2, 0.25) is 0 Å². The van der Waals surface area contributed by atoms with Crippen LogP contribution in [0.5, 0.6) is 5.75 Å². The van der Waals surface area contributed by atoms with E-state index < -0.39 is 6.04 Å². The van der Waals surface area contributed by atoms with E-state index in [4.69, 9.17) is 9.47 Å². The van der Waals surface area contributed by atoms with E-state index >= 15 is 0 Å². The minimum Gasteiger partial charge on any atom is -0.426 e. The normalized spacial score (nSPS) is 23.2. The van der Waals surface area contributed by atoms with Gasteiger partial charge in [-0.3, -0.25) is 9.59 Å². The Labute approximate surface area is 219 Å². The van der Waals surface area contributed by atoms with Crippen LogP contribution in [0.4, 0.5) is 0 Å². The number of nitrogens with zero attached hydrogens (tertiary/aromatic N) is 1. The lowest BCUT2D eigenvalue weighted by atomic mass is 9.93. The molecule has 2 heterocycles. The molecule has 2 aliphatic heterocycles. The van der Waals surface area contributed by atoms with Gasteiger partial charge in [0.15, 0.2) is 0 Å². The maximum Gasteiger partial charge on any atom is 0.311 e. The molecule has 1 fully saturated rings. The number of methoxy groups -OCH3 is 1. The first kappa shape index (κ1) is 26.8. The molecule has 2 N–H and O–H groups in total. The van der Waals surface area contributed by atoms with Crippen LogP contribution in [0.25, 0.3) is 11.1 Å². The monoisotopic (exact) mass is 503 g/mol. The zero-order valence-electron chi connectivity index (χ0n) is 21.8. The molecular formula is C30H37N3O4. The Kier molecular flexibility index (Phi) is 9.32. The van der Waals surface area contributed by atoms with Crippen molar-refractivity contribution >= 4 is 11.9 Å². The van der Waals surface area contributed by atoms with Crippen LogP contribution < -0.4 is 15.4 Å². The Morgan fingerprint density at radius 3 is 2.76 bits per heavy atom. The number of hydrogen-bond acceptors (Lipinski definition) is 6. The van der Waals surface area contributed by atoms with Gasteiger partial charge in [0.2, 0.25) is 5.91 Å². The number of aryl methyl sites for hydroxylation is 1. The summed E-state index contributed by atoms with van der Waals surface area (Å²) < 4.78 is 11.1. The molecule has 0 spiro atoms. The second-order valence-electron chi connectivity index (χ2n) is 10.4. The number of esters is 1. The summed E-state index contributed by atoms with van der Waals surface area (Å²) in [6, 6.07) is 15.7. The number of carbonyl (C=O) groups is 2. The third kappa shape index (κ3) is 7.41. The smallest absolute Gasteiger partial charge is 0.311 e. The fourth-order valence-corrected chi connectivity index (χ4v) is 5.16. The van der Waals surface area contributed by atoms with Crippen LogP contribution >= 0.6 is 0 Å². The van der Waals surface area contributed by atoms with Crippen LogP contribution in [0.1, 0.15) is 50.2 Å². The van der Waals surface area contributed by atoms with E-state index in [1.54, 1.807) is 7.11 Å². The first-order valence-corrected chi connectivity index (χ1v) is 13.3. The van der Waals surface area contributed by atoms with Crippen LogP contribution in [-0.2, 0) is 27.2 Å². The number of rotatable bonds is 6. The highest BCUT2D eigenvalue weighted by molar-refractivity contribution is 5.79. The van der Waals surface area contributed by atoms with E-state index in [0.717, 1.165) is 54.5 Å². The Morgan fingerprint density at radius 2 is 2.00 bits per heavy atom. The van der Waals surface area contributed by atoms with Crippen molar-refractivity contribution in [3.63, 3.8) is 0 Å². The van der Waals surface area contributed by atoms with Gasteiger partial charge in [-0.05, 0) is 79.0 Å². The van der Waals surface area contributed by atoms with E-state index in [-0.39, 0.29) is 23.9 Å². The third-order valence-corrected chi connectivity index (χ3v) is 7.43. The molecule has 4 atom stereocenters. The van der Waals surface area contributed by atoms with Gasteiger partial charge in [0.05, 0.1) is 18.1 Å². The molecule has 4 rings (SSSR count). The van der Waals surface area contributed by atoms with Gasteiger partial charge in [0.1, 0.15) is 11.8 Å². The molecule has 1 amide bonds. The Hall–Kier alpha value is -3.21. The average molecular weight is 504 g/mol. The number of carbonyl (C=O) groups excluding carboxylic acids is 2. The van der Waals surface area contributed by atoms with Gasteiger partial charge >= 0.3 is 5.97 Å². The summed E-state index contributed by atoms with van der Waals surface area (Å²) in [4.78, 5) is 25.0. The van der Waals surface area contributed by atoms with Gasteiger partial charge < -0.3 is 20.1 Å². The SMILES string of the molecule is COC1CCCNCC(C(=O)NC(C#N)Cc2ccc(-c3ccc4c(c3)CCC(C)CC(=O)O4)cc2)C1. The van der Waals surface area contributed by atoms with E-state index in [1.807, 2.05) is 36.4 Å². The Balaban J connectivity index is 1.39. The lowest BCUT2D eigenvalue weighted by molar-refractivity contribution is -0.135. The Bertz CT molecular complexity index is 1120. The molecule has 7 nitrogen and oxygen atoms in total. The number of amides is 1. The molecule has 0 bridgehead atoms. The summed E-state index contributed by atoms with van der Waals surface area (Å²) in [5.41, 5.74) is 4.14. The number of fused-ring (bicyclic) bond motifs is 1. The zero-order valence-corrected chi connectivity index (χ0v) is 21.8. The van der Waals surface area contributed by atoms with Crippen molar-refractivity contribution < 1.29 is 19.1 Å². The average Bonchev–Trinajstić information content (AvgIpc) is 2.87. The van der Waals surface area contributed by atoms with Crippen molar-refractivity contribution in [2.45, 2.75) is 64.0 Å². The van der Waals surface area contributed by atoms with Gasteiger partial charge in [-0.2, -0.15) is 5.26 Å². The summed E-state index contributed by atoms with van der Waals surface area (Å²) in [6.07, 6.45) is 5.40. The lowest BCUT2D eigenvalue weighted by Crippen LogP contribution is -2.44. The molecule has 0 aliphatic carbocycles. The van der Waals surface area contributed by atoms with Crippen LogP contribution in [0, 0.1) is 23.2 Å². The topological polar surface area (TPSA) is 100 Å². The predicted molar refractivity (Wildman–Crippen MR) is 142 cm³/mol. The quantitative estimate of drug-likeness (QED) is 0.453. The second kappa shape index (κ2) is 12.8. The molecule has 2 aromatic rings. The van der Waals surface area contributed by atoms with Crippen molar-refractivity contribution in [3.8, 4) is 22.9 Å². The molecule has 37 heavy (non-hydrogen) atoms. The largest absolute Gasteiger partial charge is 0.426 e. The lowest BCUT2D eigenvalue weighted by Gasteiger charge is -2.26. The van der Waals surface area contributed by atoms with Gasteiger partial charge in [-0.25, -0.2) is 0 Å². The third-order valence-electron chi connectivity index (χ3n) is 7.43. The number of nitrogens with one attached hydrogen (secondary N) is 2. The molecule has 0 radical (unpaired) electrons. The van der Waals surface area contributed by atoms with Gasteiger partial charge in [0.25, 0.3) is 0 Å². The fourth-order valence-electron chi connectivity index (χ4n) is 5.16. The standard InChI is InChI=1S/C30H37N3O4/c1-20-5-8-24-16-23(11-12-28(24)37-29(34)14-20)22-9-6-21(7-10-22)15-26(18-31)33-30(35)25-17-27(36-2)4-3-13-32-19-25/h6-7,9-12,16,20,25-27,32H,3-5,8,13-15,17,19H2,1-2H3,(H,33,35). The van der Waals surface area contributed by atoms with E-state index in [2.05, 4.69) is 29.7 Å². The van der Waals surface area contributed by atoms with E-state index in [0.29, 0.717) is 37.5 Å². The molecule has 0 aromatic heterocycles. The van der Waals surface area contributed by atoms with Crippen molar-refractivity contribution in [2.75, 3.05) is 20.2 Å². The number of hydrogen-bond donors (Lipinski definition) is 2. The first-order chi connectivity index (χ1) is 17.9. The van der Waals surface area contributed by atoms with Crippen LogP contribution in [-0.4, -0.2) is 44.2 Å². The Morgan fingerprint density at radius 1 is 1.22 bits per heavy atom. The van der Waals surface area contributed by atoms with Crippen molar-refractivity contribution in [2.24, 2.45) is 11.8 Å². The number of ether oxygens (including phenoxy) is 2. The number of nitriles is 1. The van der Waals surface area contributed by atoms with Gasteiger partial charge in [-0.15, -0.1) is 0 Å².